The van der Waals surface area contributed by atoms with Crippen molar-refractivity contribution in [1.29, 1.82) is 0 Å². The van der Waals surface area contributed by atoms with Crippen molar-refractivity contribution in [3.63, 3.8) is 0 Å². The van der Waals surface area contributed by atoms with Gasteiger partial charge in [0.05, 0.1) is 0 Å². The van der Waals surface area contributed by atoms with Gasteiger partial charge in [0, 0.05) is 13.1 Å². The Morgan fingerprint density at radius 3 is 2.65 bits per heavy atom. The summed E-state index contributed by atoms with van der Waals surface area (Å²) in [5, 5.41) is 0. The summed E-state index contributed by atoms with van der Waals surface area (Å²) in [6, 6.07) is 10.8. The standard InChI is InChI=1S/C15H22N2/c16-10-14-6-9-17(12-15(14)7-8-15)11-13-4-2-1-3-5-13/h1-5,14H,6-12,16H2. The van der Waals surface area contributed by atoms with Crippen LogP contribution < -0.4 is 5.73 Å². The molecule has 1 saturated heterocycles. The number of nitrogens with two attached hydrogens (primary N) is 1. The van der Waals surface area contributed by atoms with E-state index in [4.69, 9.17) is 5.73 Å². The lowest BCUT2D eigenvalue weighted by molar-refractivity contribution is 0.100. The Hall–Kier alpha value is -0.860. The van der Waals surface area contributed by atoms with Gasteiger partial charge in [0.1, 0.15) is 0 Å². The average Bonchev–Trinajstić information content (AvgIpc) is 3.11. The van der Waals surface area contributed by atoms with Gasteiger partial charge in [-0.2, -0.15) is 0 Å². The number of likely N-dealkylation sites (tertiary alicyclic amines) is 1. The van der Waals surface area contributed by atoms with E-state index in [0.717, 1.165) is 19.0 Å². The van der Waals surface area contributed by atoms with Crippen LogP contribution in [0.25, 0.3) is 0 Å². The fourth-order valence-electron chi connectivity index (χ4n) is 3.37. The zero-order valence-electron chi connectivity index (χ0n) is 10.4. The number of hydrogen-bond acceptors (Lipinski definition) is 2. The normalized spacial score (nSPS) is 27.2. The molecule has 92 valence electrons. The molecule has 1 aromatic carbocycles. The van der Waals surface area contributed by atoms with Crippen LogP contribution in [-0.2, 0) is 6.54 Å². The highest BCUT2D eigenvalue weighted by molar-refractivity contribution is 5.15. The summed E-state index contributed by atoms with van der Waals surface area (Å²) >= 11 is 0. The van der Waals surface area contributed by atoms with Crippen LogP contribution in [0, 0.1) is 11.3 Å². The van der Waals surface area contributed by atoms with Gasteiger partial charge in [-0.3, -0.25) is 4.90 Å². The first-order valence-electron chi connectivity index (χ1n) is 6.79. The highest BCUT2D eigenvalue weighted by Gasteiger charge is 2.51. The topological polar surface area (TPSA) is 29.3 Å². The summed E-state index contributed by atoms with van der Waals surface area (Å²) in [7, 11) is 0. The molecule has 2 aliphatic rings. The van der Waals surface area contributed by atoms with E-state index in [2.05, 4.69) is 35.2 Å². The van der Waals surface area contributed by atoms with Crippen molar-refractivity contribution in [2.75, 3.05) is 19.6 Å². The molecule has 0 amide bonds. The smallest absolute Gasteiger partial charge is 0.0233 e. The van der Waals surface area contributed by atoms with E-state index in [1.54, 1.807) is 0 Å². The largest absolute Gasteiger partial charge is 0.330 e. The van der Waals surface area contributed by atoms with Crippen LogP contribution in [-0.4, -0.2) is 24.5 Å². The Labute approximate surface area is 104 Å². The summed E-state index contributed by atoms with van der Waals surface area (Å²) in [5.74, 6) is 0.787. The molecule has 2 heteroatoms. The summed E-state index contributed by atoms with van der Waals surface area (Å²) < 4.78 is 0. The zero-order chi connectivity index (χ0) is 11.7. The van der Waals surface area contributed by atoms with Crippen molar-refractivity contribution in [1.82, 2.24) is 4.90 Å². The Kier molecular flexibility index (Phi) is 2.93. The third-order valence-electron chi connectivity index (χ3n) is 4.62. The van der Waals surface area contributed by atoms with Gasteiger partial charge in [-0.1, -0.05) is 30.3 Å². The van der Waals surface area contributed by atoms with Gasteiger partial charge in [-0.05, 0) is 49.2 Å². The minimum absolute atomic E-state index is 0.599. The van der Waals surface area contributed by atoms with E-state index in [0.29, 0.717) is 5.41 Å². The van der Waals surface area contributed by atoms with E-state index >= 15 is 0 Å². The van der Waals surface area contributed by atoms with Crippen molar-refractivity contribution in [3.8, 4) is 0 Å². The van der Waals surface area contributed by atoms with Crippen LogP contribution in [0.1, 0.15) is 24.8 Å². The number of piperidine rings is 1. The molecule has 17 heavy (non-hydrogen) atoms. The third-order valence-corrected chi connectivity index (χ3v) is 4.62. The van der Waals surface area contributed by atoms with Crippen molar-refractivity contribution < 1.29 is 0 Å². The van der Waals surface area contributed by atoms with Crippen LogP contribution in [0.4, 0.5) is 0 Å². The minimum atomic E-state index is 0.599. The van der Waals surface area contributed by atoms with Crippen LogP contribution in [0.5, 0.6) is 0 Å². The number of rotatable bonds is 3. The lowest BCUT2D eigenvalue weighted by Crippen LogP contribution is -2.43. The Morgan fingerprint density at radius 2 is 2.00 bits per heavy atom. The van der Waals surface area contributed by atoms with Gasteiger partial charge in [0.25, 0.3) is 0 Å². The molecule has 2 nitrogen and oxygen atoms in total. The van der Waals surface area contributed by atoms with E-state index in [9.17, 15) is 0 Å². The quantitative estimate of drug-likeness (QED) is 0.863. The molecule has 1 unspecified atom stereocenters. The molecule has 2 N–H and O–H groups in total. The molecule has 0 aromatic heterocycles. The number of hydrogen-bond donors (Lipinski definition) is 1. The molecule has 1 aromatic rings. The fourth-order valence-corrected chi connectivity index (χ4v) is 3.37. The summed E-state index contributed by atoms with van der Waals surface area (Å²) in [6.45, 7) is 4.49. The average molecular weight is 230 g/mol. The van der Waals surface area contributed by atoms with Gasteiger partial charge in [0.15, 0.2) is 0 Å². The summed E-state index contributed by atoms with van der Waals surface area (Å²) in [5.41, 5.74) is 7.94. The van der Waals surface area contributed by atoms with E-state index < -0.39 is 0 Å². The van der Waals surface area contributed by atoms with Crippen LogP contribution in [0.15, 0.2) is 30.3 Å². The van der Waals surface area contributed by atoms with Crippen LogP contribution in [0.3, 0.4) is 0 Å². The van der Waals surface area contributed by atoms with Crippen molar-refractivity contribution in [2.24, 2.45) is 17.1 Å². The van der Waals surface area contributed by atoms with Gasteiger partial charge < -0.3 is 5.73 Å². The maximum Gasteiger partial charge on any atom is 0.0233 e. The molecule has 1 aliphatic heterocycles. The Bertz CT molecular complexity index is 370. The second kappa shape index (κ2) is 4.43. The molecule has 1 spiro atoms. The summed E-state index contributed by atoms with van der Waals surface area (Å²) in [6.07, 6.45) is 4.10. The molecule has 2 fully saturated rings. The molecule has 1 atom stereocenters. The monoisotopic (exact) mass is 230 g/mol. The summed E-state index contributed by atoms with van der Waals surface area (Å²) in [4.78, 5) is 2.62. The first-order chi connectivity index (χ1) is 8.32. The minimum Gasteiger partial charge on any atom is -0.330 e. The zero-order valence-corrected chi connectivity index (χ0v) is 10.4. The first kappa shape index (κ1) is 11.2. The van der Waals surface area contributed by atoms with Gasteiger partial charge in [0.2, 0.25) is 0 Å². The van der Waals surface area contributed by atoms with E-state index in [-0.39, 0.29) is 0 Å². The molecule has 3 rings (SSSR count). The van der Waals surface area contributed by atoms with E-state index in [1.165, 1.54) is 37.9 Å². The lowest BCUT2D eigenvalue weighted by atomic mass is 9.82. The predicted molar refractivity (Wildman–Crippen MR) is 70.5 cm³/mol. The second-order valence-electron chi connectivity index (χ2n) is 5.78. The van der Waals surface area contributed by atoms with Crippen LogP contribution in [0.2, 0.25) is 0 Å². The highest BCUT2D eigenvalue weighted by Crippen LogP contribution is 2.55. The lowest BCUT2D eigenvalue weighted by Gasteiger charge is -2.38. The van der Waals surface area contributed by atoms with Crippen molar-refractivity contribution >= 4 is 0 Å². The molecule has 0 radical (unpaired) electrons. The highest BCUT2D eigenvalue weighted by atomic mass is 15.1. The maximum atomic E-state index is 5.90. The van der Waals surface area contributed by atoms with Gasteiger partial charge >= 0.3 is 0 Å². The molecule has 1 saturated carbocycles. The van der Waals surface area contributed by atoms with E-state index in [1.807, 2.05) is 0 Å². The predicted octanol–water partition coefficient (Wildman–Crippen LogP) is 2.25. The number of benzene rings is 1. The van der Waals surface area contributed by atoms with Gasteiger partial charge in [-0.25, -0.2) is 0 Å². The molecule has 0 bridgehead atoms. The van der Waals surface area contributed by atoms with Crippen LogP contribution >= 0.6 is 0 Å². The second-order valence-corrected chi connectivity index (χ2v) is 5.78. The van der Waals surface area contributed by atoms with Crippen molar-refractivity contribution in [3.05, 3.63) is 35.9 Å². The SMILES string of the molecule is NCC1CCN(Cc2ccccc2)CC12CC2. The Balaban J connectivity index is 1.63. The molecule has 1 aliphatic carbocycles. The molecule has 1 heterocycles. The first-order valence-corrected chi connectivity index (χ1v) is 6.79. The van der Waals surface area contributed by atoms with Gasteiger partial charge in [-0.15, -0.1) is 0 Å². The Morgan fingerprint density at radius 1 is 1.24 bits per heavy atom. The van der Waals surface area contributed by atoms with Crippen molar-refractivity contribution in [2.45, 2.75) is 25.8 Å². The molecular weight excluding hydrogens is 208 g/mol. The maximum absolute atomic E-state index is 5.90. The fraction of sp³-hybridized carbons (Fsp3) is 0.600. The third kappa shape index (κ3) is 2.24. The number of nitrogens with zero attached hydrogens (tertiary/aromatic N) is 1. The molecular formula is C15H22N2.